The van der Waals surface area contributed by atoms with Crippen LogP contribution < -0.4 is 11.1 Å². The molecule has 1 amide bonds. The number of hydrogen-bond donors (Lipinski definition) is 2. The maximum atomic E-state index is 14.2. The number of nitroso groups, excluding NO2 is 1. The maximum absolute atomic E-state index is 14.2. The number of hydrogen-bond acceptors (Lipinski definition) is 7. The lowest BCUT2D eigenvalue weighted by molar-refractivity contribution is -0.132. The lowest BCUT2D eigenvalue weighted by Crippen LogP contribution is -2.29. The number of nitrogens with two attached hydrogens (primary N) is 1. The fourth-order valence-electron chi connectivity index (χ4n) is 4.56. The largest absolute Gasteiger partial charge is 0.370 e. The van der Waals surface area contributed by atoms with E-state index < -0.39 is 11.2 Å². The molecule has 0 radical (unpaired) electrons. The van der Waals surface area contributed by atoms with E-state index in [1.165, 1.54) is 6.08 Å². The molecule has 1 atom stereocenters. The molecule has 1 spiro atoms. The van der Waals surface area contributed by atoms with Gasteiger partial charge in [0.05, 0.1) is 18.5 Å². The van der Waals surface area contributed by atoms with Gasteiger partial charge >= 0.3 is 0 Å². The quantitative estimate of drug-likeness (QED) is 0.207. The van der Waals surface area contributed by atoms with E-state index in [4.69, 9.17) is 10.7 Å². The number of anilines is 1. The number of nitrogens with one attached hydrogen (secondary N) is 1. The van der Waals surface area contributed by atoms with Crippen LogP contribution in [0.1, 0.15) is 70.2 Å². The van der Waals surface area contributed by atoms with Gasteiger partial charge in [-0.1, -0.05) is 25.1 Å². The monoisotopic (exact) mass is 484 g/mol. The zero-order valence-electron chi connectivity index (χ0n) is 20.9. The summed E-state index contributed by atoms with van der Waals surface area (Å²) in [6, 6.07) is 0.106. The van der Waals surface area contributed by atoms with Crippen LogP contribution in [0.4, 0.5) is 10.2 Å². The Hall–Kier alpha value is -2.94. The van der Waals surface area contributed by atoms with Crippen LogP contribution >= 0.6 is 0 Å². The van der Waals surface area contributed by atoms with E-state index in [1.807, 2.05) is 6.92 Å². The Kier molecular flexibility index (Phi) is 9.26. The van der Waals surface area contributed by atoms with Gasteiger partial charge in [0, 0.05) is 36.5 Å². The highest BCUT2D eigenvalue weighted by atomic mass is 19.1. The zero-order chi connectivity index (χ0) is 25.4. The molecule has 1 aromatic heterocycles. The van der Waals surface area contributed by atoms with Crippen molar-refractivity contribution < 1.29 is 9.18 Å². The lowest BCUT2D eigenvalue weighted by Gasteiger charge is -2.22. The Balaban J connectivity index is 1.83. The van der Waals surface area contributed by atoms with E-state index in [0.717, 1.165) is 55.7 Å². The van der Waals surface area contributed by atoms with Gasteiger partial charge in [0.1, 0.15) is 17.5 Å². The smallest absolute Gasteiger partial charge is 0.237 e. The van der Waals surface area contributed by atoms with E-state index >= 15 is 0 Å². The summed E-state index contributed by atoms with van der Waals surface area (Å²) in [6.07, 6.45) is 10.7. The van der Waals surface area contributed by atoms with Crippen molar-refractivity contribution >= 4 is 11.7 Å². The Morgan fingerprint density at radius 3 is 2.83 bits per heavy atom. The molecular formula is C26H37FN6O2. The van der Waals surface area contributed by atoms with Gasteiger partial charge in [0.25, 0.3) is 0 Å². The van der Waals surface area contributed by atoms with Crippen molar-refractivity contribution in [1.29, 1.82) is 0 Å². The highest BCUT2D eigenvalue weighted by molar-refractivity contribution is 5.94. The molecule has 3 rings (SSSR count). The van der Waals surface area contributed by atoms with Crippen LogP contribution in [0.25, 0.3) is 0 Å². The Bertz CT molecular complexity index is 1000. The van der Waals surface area contributed by atoms with Gasteiger partial charge < -0.3 is 16.0 Å². The van der Waals surface area contributed by atoms with Crippen molar-refractivity contribution in [1.82, 2.24) is 14.9 Å². The summed E-state index contributed by atoms with van der Waals surface area (Å²) in [6.45, 7) is 8.64. The lowest BCUT2D eigenvalue weighted by atomic mass is 9.99. The first-order chi connectivity index (χ1) is 16.9. The van der Waals surface area contributed by atoms with Gasteiger partial charge in [0.15, 0.2) is 0 Å². The number of rotatable bonds is 15. The molecule has 3 N–H and O–H groups in total. The average molecular weight is 485 g/mol. The van der Waals surface area contributed by atoms with Gasteiger partial charge in [0.2, 0.25) is 5.91 Å². The molecule has 35 heavy (non-hydrogen) atoms. The van der Waals surface area contributed by atoms with Crippen LogP contribution in [0.2, 0.25) is 0 Å². The number of allylic oxidation sites excluding steroid dienone is 3. The molecule has 0 bridgehead atoms. The number of halogens is 1. The van der Waals surface area contributed by atoms with Crippen LogP contribution in [0.5, 0.6) is 0 Å². The van der Waals surface area contributed by atoms with Crippen LogP contribution in [0, 0.1) is 10.3 Å². The standard InChI is InChI=1S/C26H37FN6O2/c1-4-8-21(28)9-10-23-30-16-19(24(32-23)29-13-6-7-14-31-35)17-33-22(15-20(27)5-2)18(3)26(11-12-26)25(33)34/h5,15-16,21H,2,4,6-14,17,28H2,1,3H3,(H,29,30,32)/b20-15+. The van der Waals surface area contributed by atoms with Gasteiger partial charge in [-0.3, -0.25) is 4.79 Å². The summed E-state index contributed by atoms with van der Waals surface area (Å²) in [5.41, 5.74) is 7.90. The first-order valence-corrected chi connectivity index (χ1v) is 12.5. The van der Waals surface area contributed by atoms with Crippen molar-refractivity contribution in [3.8, 4) is 0 Å². The van der Waals surface area contributed by atoms with Crippen LogP contribution in [-0.4, -0.2) is 39.9 Å². The van der Waals surface area contributed by atoms with Gasteiger partial charge in [-0.25, -0.2) is 14.4 Å². The highest BCUT2D eigenvalue weighted by Crippen LogP contribution is 2.58. The van der Waals surface area contributed by atoms with Gasteiger partial charge in [-0.15, -0.1) is 0 Å². The average Bonchev–Trinajstić information content (AvgIpc) is 3.64. The van der Waals surface area contributed by atoms with E-state index in [9.17, 15) is 14.1 Å². The summed E-state index contributed by atoms with van der Waals surface area (Å²) in [5.74, 6) is 0.851. The molecule has 1 aliphatic carbocycles. The second-order valence-electron chi connectivity index (χ2n) is 9.45. The summed E-state index contributed by atoms with van der Waals surface area (Å²) < 4.78 is 14.2. The van der Waals surface area contributed by atoms with Gasteiger partial charge in [-0.2, -0.15) is 4.91 Å². The molecule has 9 heteroatoms. The minimum absolute atomic E-state index is 0.00395. The molecular weight excluding hydrogens is 447 g/mol. The van der Waals surface area contributed by atoms with Crippen molar-refractivity contribution in [2.24, 2.45) is 16.3 Å². The molecule has 0 aromatic carbocycles. The van der Waals surface area contributed by atoms with E-state index in [0.29, 0.717) is 36.7 Å². The van der Waals surface area contributed by atoms with Gasteiger partial charge in [-0.05, 0) is 63.2 Å². The van der Waals surface area contributed by atoms with Crippen molar-refractivity contribution in [2.75, 3.05) is 18.4 Å². The first kappa shape index (κ1) is 26.7. The van der Waals surface area contributed by atoms with Crippen LogP contribution in [0.15, 0.2) is 47.2 Å². The number of carbonyl (C=O) groups is 1. The molecule has 1 fully saturated rings. The Morgan fingerprint density at radius 1 is 1.40 bits per heavy atom. The molecule has 1 unspecified atom stereocenters. The third-order valence-electron chi connectivity index (χ3n) is 6.88. The zero-order valence-corrected chi connectivity index (χ0v) is 20.9. The van der Waals surface area contributed by atoms with Crippen molar-refractivity contribution in [3.05, 3.63) is 58.3 Å². The summed E-state index contributed by atoms with van der Waals surface area (Å²) in [5, 5.41) is 6.25. The molecule has 1 saturated carbocycles. The molecule has 1 aromatic rings. The third-order valence-corrected chi connectivity index (χ3v) is 6.88. The highest BCUT2D eigenvalue weighted by Gasteiger charge is 2.58. The Labute approximate surface area is 206 Å². The van der Waals surface area contributed by atoms with Crippen LogP contribution in [-0.2, 0) is 17.8 Å². The molecule has 0 saturated heterocycles. The molecule has 190 valence electrons. The van der Waals surface area contributed by atoms with E-state index in [-0.39, 0.29) is 25.0 Å². The number of carbonyl (C=O) groups excluding carboxylic acids is 1. The second kappa shape index (κ2) is 12.2. The number of unbranched alkanes of at least 4 members (excludes halogenated alkanes) is 1. The second-order valence-corrected chi connectivity index (χ2v) is 9.45. The van der Waals surface area contributed by atoms with E-state index in [2.05, 4.69) is 29.0 Å². The third kappa shape index (κ3) is 6.39. The minimum Gasteiger partial charge on any atom is -0.370 e. The maximum Gasteiger partial charge on any atom is 0.237 e. The number of amides is 1. The molecule has 2 heterocycles. The predicted molar refractivity (Wildman–Crippen MR) is 136 cm³/mol. The summed E-state index contributed by atoms with van der Waals surface area (Å²) >= 11 is 0. The first-order valence-electron chi connectivity index (χ1n) is 12.5. The molecule has 1 aliphatic heterocycles. The SMILES string of the molecule is C=C/C(F)=C\C1=C(C)C2(CC2)C(=O)N1Cc1cnc(CCC(N)CCC)nc1NCCCCN=O. The normalized spacial score (nSPS) is 17.8. The topological polar surface area (TPSA) is 114 Å². The molecule has 8 nitrogen and oxygen atoms in total. The number of aryl methyl sites for hydroxylation is 1. The van der Waals surface area contributed by atoms with Crippen LogP contribution in [0.3, 0.4) is 0 Å². The molecule has 2 aliphatic rings. The van der Waals surface area contributed by atoms with E-state index in [1.54, 1.807) is 11.1 Å². The Morgan fingerprint density at radius 2 is 2.17 bits per heavy atom. The number of nitrogens with zero attached hydrogens (tertiary/aromatic N) is 4. The fraction of sp³-hybridized carbons (Fsp3) is 0.577. The van der Waals surface area contributed by atoms with Crippen molar-refractivity contribution in [3.63, 3.8) is 0 Å². The minimum atomic E-state index is -0.501. The summed E-state index contributed by atoms with van der Waals surface area (Å²) in [7, 11) is 0. The predicted octanol–water partition coefficient (Wildman–Crippen LogP) is 4.93. The summed E-state index contributed by atoms with van der Waals surface area (Å²) in [4.78, 5) is 34.6. The fourth-order valence-corrected chi connectivity index (χ4v) is 4.56. The number of aromatic nitrogens is 2. The van der Waals surface area contributed by atoms with Crippen molar-refractivity contribution in [2.45, 2.75) is 77.8 Å².